The minimum absolute atomic E-state index is 0.0417. The first kappa shape index (κ1) is 26.6. The lowest BCUT2D eigenvalue weighted by Crippen LogP contribution is -2.43. The number of hydrogen-bond donors (Lipinski definition) is 3. The number of nitrogens with one attached hydrogen (secondary N) is 2. The molecule has 0 unspecified atom stereocenters. The van der Waals surface area contributed by atoms with Crippen LogP contribution in [-0.2, 0) is 4.79 Å². The first-order valence-electron chi connectivity index (χ1n) is 11.5. The van der Waals surface area contributed by atoms with Gasteiger partial charge in [-0.15, -0.1) is 0 Å². The highest BCUT2D eigenvalue weighted by Gasteiger charge is 2.39. The fourth-order valence-corrected chi connectivity index (χ4v) is 5.36. The van der Waals surface area contributed by atoms with E-state index in [1.54, 1.807) is 26.4 Å². The van der Waals surface area contributed by atoms with Crippen LogP contribution in [0.4, 0.5) is 10.7 Å². The number of carboxylic acid groups (broad SMARTS) is 1. The summed E-state index contributed by atoms with van der Waals surface area (Å²) in [6, 6.07) is 6.34. The molecule has 1 aromatic heterocycles. The number of hydrogen-bond acceptors (Lipinski definition) is 7. The molecular formula is C25H27Cl2N5O5. The molecule has 196 valence electrons. The summed E-state index contributed by atoms with van der Waals surface area (Å²) >= 11 is 13.1. The average Bonchev–Trinajstić information content (AvgIpc) is 3.24. The molecule has 1 fully saturated rings. The second-order valence-corrected chi connectivity index (χ2v) is 9.71. The van der Waals surface area contributed by atoms with Gasteiger partial charge in [0.1, 0.15) is 11.5 Å². The number of benzene rings is 2. The van der Waals surface area contributed by atoms with Crippen molar-refractivity contribution in [3.63, 3.8) is 0 Å². The summed E-state index contributed by atoms with van der Waals surface area (Å²) < 4.78 is 10.7. The Morgan fingerprint density at radius 3 is 2.30 bits per heavy atom. The third-order valence-electron chi connectivity index (χ3n) is 6.42. The summed E-state index contributed by atoms with van der Waals surface area (Å²) in [6.45, 7) is 0. The third kappa shape index (κ3) is 5.45. The highest BCUT2D eigenvalue weighted by Crippen LogP contribution is 2.46. The van der Waals surface area contributed by atoms with Gasteiger partial charge in [0.05, 0.1) is 41.9 Å². The fourth-order valence-electron chi connectivity index (χ4n) is 4.65. The molecule has 3 atom stereocenters. The number of methoxy groups -OCH3 is 2. The first-order chi connectivity index (χ1) is 17.6. The molecule has 1 saturated carbocycles. The van der Waals surface area contributed by atoms with Crippen molar-refractivity contribution in [3.05, 3.63) is 40.5 Å². The van der Waals surface area contributed by atoms with Crippen molar-refractivity contribution in [2.75, 3.05) is 33.6 Å². The molecule has 3 aromatic rings. The minimum atomic E-state index is -1.15. The molecule has 1 aliphatic rings. The van der Waals surface area contributed by atoms with Crippen LogP contribution < -0.4 is 20.1 Å². The quantitative estimate of drug-likeness (QED) is 0.393. The van der Waals surface area contributed by atoms with Gasteiger partial charge in [-0.1, -0.05) is 29.3 Å². The van der Waals surface area contributed by atoms with Crippen LogP contribution in [0, 0.1) is 5.92 Å². The Labute approximate surface area is 223 Å². The predicted octanol–water partition coefficient (Wildman–Crippen LogP) is 4.54. The van der Waals surface area contributed by atoms with Gasteiger partial charge in [-0.2, -0.15) is 0 Å². The van der Waals surface area contributed by atoms with Crippen molar-refractivity contribution in [1.29, 1.82) is 0 Å². The predicted molar refractivity (Wildman–Crippen MR) is 142 cm³/mol. The summed E-state index contributed by atoms with van der Waals surface area (Å²) in [5.74, 6) is 0.850. The van der Waals surface area contributed by atoms with Gasteiger partial charge < -0.3 is 30.1 Å². The lowest BCUT2D eigenvalue weighted by Gasteiger charge is -2.20. The lowest BCUT2D eigenvalue weighted by atomic mass is 10.0. The van der Waals surface area contributed by atoms with Gasteiger partial charge in [-0.05, 0) is 30.5 Å². The Kier molecular flexibility index (Phi) is 7.79. The van der Waals surface area contributed by atoms with Crippen molar-refractivity contribution >= 4 is 52.1 Å². The minimum Gasteiger partial charge on any atom is -0.495 e. The fraction of sp³-hybridized carbons (Fsp3) is 0.360. The SMILES string of the molecule is COc1cc(OC)c(Cl)c(-c2ccc3nc(N[C@H]4C[C@H](C(=O)N(C)C)C[C@@H]4NC(=O)O)ncc3c2)c1Cl. The Morgan fingerprint density at radius 2 is 1.70 bits per heavy atom. The summed E-state index contributed by atoms with van der Waals surface area (Å²) in [6.07, 6.45) is 1.36. The molecule has 2 amide bonds. The van der Waals surface area contributed by atoms with E-state index in [1.807, 2.05) is 18.2 Å². The van der Waals surface area contributed by atoms with Gasteiger partial charge in [0, 0.05) is 43.2 Å². The van der Waals surface area contributed by atoms with Gasteiger partial charge in [0.2, 0.25) is 11.9 Å². The number of amides is 2. The van der Waals surface area contributed by atoms with Crippen molar-refractivity contribution in [2.24, 2.45) is 5.92 Å². The number of aromatic nitrogens is 2. The van der Waals surface area contributed by atoms with Crippen LogP contribution in [0.15, 0.2) is 30.5 Å². The van der Waals surface area contributed by atoms with Crippen LogP contribution in [0.2, 0.25) is 10.0 Å². The van der Waals surface area contributed by atoms with Gasteiger partial charge >= 0.3 is 6.09 Å². The van der Waals surface area contributed by atoms with Gasteiger partial charge in [-0.25, -0.2) is 14.8 Å². The molecule has 0 radical (unpaired) electrons. The Balaban J connectivity index is 1.63. The molecule has 2 aromatic carbocycles. The number of carbonyl (C=O) groups excluding carboxylic acids is 1. The molecule has 12 heteroatoms. The molecular weight excluding hydrogens is 521 g/mol. The van der Waals surface area contributed by atoms with E-state index in [0.29, 0.717) is 51.4 Å². The zero-order chi connectivity index (χ0) is 26.9. The number of rotatable bonds is 7. The average molecular weight is 548 g/mol. The number of carbonyl (C=O) groups is 2. The molecule has 10 nitrogen and oxygen atoms in total. The van der Waals surface area contributed by atoms with Gasteiger partial charge in [0.25, 0.3) is 0 Å². The van der Waals surface area contributed by atoms with Crippen molar-refractivity contribution < 1.29 is 24.2 Å². The summed E-state index contributed by atoms with van der Waals surface area (Å²) in [7, 11) is 6.40. The second kappa shape index (κ2) is 10.9. The number of ether oxygens (including phenoxy) is 2. The van der Waals surface area contributed by atoms with E-state index >= 15 is 0 Å². The van der Waals surface area contributed by atoms with E-state index in [4.69, 9.17) is 32.7 Å². The maximum absolute atomic E-state index is 12.5. The van der Waals surface area contributed by atoms with Crippen LogP contribution in [0.25, 0.3) is 22.0 Å². The Hall–Kier alpha value is -3.50. The molecule has 4 rings (SSSR count). The molecule has 1 aliphatic carbocycles. The van der Waals surface area contributed by atoms with Crippen LogP contribution in [-0.4, -0.2) is 72.4 Å². The number of fused-ring (bicyclic) bond motifs is 1. The molecule has 0 aliphatic heterocycles. The number of anilines is 1. The van der Waals surface area contributed by atoms with Gasteiger partial charge in [0.15, 0.2) is 0 Å². The first-order valence-corrected chi connectivity index (χ1v) is 12.2. The topological polar surface area (TPSA) is 126 Å². The molecule has 0 spiro atoms. The maximum Gasteiger partial charge on any atom is 0.404 e. The molecule has 3 N–H and O–H groups in total. The highest BCUT2D eigenvalue weighted by molar-refractivity contribution is 6.41. The second-order valence-electron chi connectivity index (χ2n) is 8.96. The van der Waals surface area contributed by atoms with Crippen LogP contribution in [0.5, 0.6) is 11.5 Å². The molecule has 1 heterocycles. The van der Waals surface area contributed by atoms with E-state index in [1.165, 1.54) is 19.1 Å². The smallest absolute Gasteiger partial charge is 0.404 e. The zero-order valence-electron chi connectivity index (χ0n) is 20.7. The highest BCUT2D eigenvalue weighted by atomic mass is 35.5. The monoisotopic (exact) mass is 547 g/mol. The largest absolute Gasteiger partial charge is 0.495 e. The summed E-state index contributed by atoms with van der Waals surface area (Å²) in [5.41, 5.74) is 1.95. The van der Waals surface area contributed by atoms with E-state index in [2.05, 4.69) is 20.6 Å². The Morgan fingerprint density at radius 1 is 1.05 bits per heavy atom. The van der Waals surface area contributed by atoms with Crippen molar-refractivity contribution in [2.45, 2.75) is 24.9 Å². The van der Waals surface area contributed by atoms with Crippen LogP contribution in [0.3, 0.4) is 0 Å². The van der Waals surface area contributed by atoms with E-state index in [9.17, 15) is 14.7 Å². The molecule has 37 heavy (non-hydrogen) atoms. The number of halogens is 2. The van der Waals surface area contributed by atoms with E-state index in [-0.39, 0.29) is 17.9 Å². The van der Waals surface area contributed by atoms with Crippen LogP contribution in [0.1, 0.15) is 12.8 Å². The normalized spacial score (nSPS) is 18.9. The van der Waals surface area contributed by atoms with Crippen LogP contribution >= 0.6 is 23.2 Å². The number of nitrogens with zero attached hydrogens (tertiary/aromatic N) is 3. The van der Waals surface area contributed by atoms with Crippen molar-refractivity contribution in [3.8, 4) is 22.6 Å². The van der Waals surface area contributed by atoms with Gasteiger partial charge in [-0.3, -0.25) is 4.79 Å². The standard InChI is InChI=1S/C25H27Cl2N5O5/c1-32(2)23(33)13-8-16(17(9-13)31-25(34)35)30-24-28-11-14-7-12(5-6-15(14)29-24)20-21(26)18(36-3)10-19(37-4)22(20)27/h5-7,10-11,13,16-17,31H,8-9H2,1-4H3,(H,34,35)(H,28,29,30)/t13-,16-,17-/m0/s1. The van der Waals surface area contributed by atoms with E-state index in [0.717, 1.165) is 10.9 Å². The van der Waals surface area contributed by atoms with Crippen molar-refractivity contribution in [1.82, 2.24) is 20.2 Å². The zero-order valence-corrected chi connectivity index (χ0v) is 22.2. The summed E-state index contributed by atoms with van der Waals surface area (Å²) in [4.78, 5) is 34.3. The third-order valence-corrected chi connectivity index (χ3v) is 7.17. The lowest BCUT2D eigenvalue weighted by molar-refractivity contribution is -0.132. The van der Waals surface area contributed by atoms with E-state index < -0.39 is 12.1 Å². The molecule has 0 saturated heterocycles. The summed E-state index contributed by atoms with van der Waals surface area (Å²) in [5, 5.41) is 16.4. The maximum atomic E-state index is 12.5. The molecule has 0 bridgehead atoms. The Bertz CT molecular complexity index is 1320.